The van der Waals surface area contributed by atoms with E-state index in [1.54, 1.807) is 6.07 Å². The average Bonchev–Trinajstić information content (AvgIpc) is 2.81. The summed E-state index contributed by atoms with van der Waals surface area (Å²) in [5.41, 5.74) is 3.64. The smallest absolute Gasteiger partial charge is 0.328 e. The Morgan fingerprint density at radius 2 is 2.14 bits per heavy atom. The first-order chi connectivity index (χ1) is 10.5. The molecule has 1 fully saturated rings. The van der Waals surface area contributed by atoms with Crippen molar-refractivity contribution in [3.63, 3.8) is 0 Å². The molecule has 1 amide bonds. The molecule has 2 heterocycles. The minimum atomic E-state index is -1.04. The standard InChI is InChI=1S/C16H18N2O4/c1-9-10(2)17-13-4-3-11(7-12(9)13)15(19)18-5-6-22-8-14(18)16(20)21/h3-4,7,14,17H,5-6,8H2,1-2H3,(H,20,21)/t14-/m1/s1. The number of rotatable bonds is 2. The normalized spacial score (nSPS) is 18.6. The predicted molar refractivity (Wildman–Crippen MR) is 81.1 cm³/mol. The lowest BCUT2D eigenvalue weighted by Crippen LogP contribution is -2.52. The van der Waals surface area contributed by atoms with E-state index in [0.29, 0.717) is 18.7 Å². The number of fused-ring (bicyclic) bond motifs is 1. The summed E-state index contributed by atoms with van der Waals surface area (Å²) in [5.74, 6) is -1.31. The number of carbonyl (C=O) groups is 2. The number of hydrogen-bond donors (Lipinski definition) is 2. The third-order valence-electron chi connectivity index (χ3n) is 4.23. The van der Waals surface area contributed by atoms with Crippen LogP contribution < -0.4 is 0 Å². The van der Waals surface area contributed by atoms with Gasteiger partial charge in [-0.1, -0.05) is 0 Å². The van der Waals surface area contributed by atoms with E-state index in [9.17, 15) is 14.7 Å². The summed E-state index contributed by atoms with van der Waals surface area (Å²) in [6.07, 6.45) is 0. The molecule has 6 heteroatoms. The molecule has 1 aliphatic heterocycles. The molecule has 1 aromatic heterocycles. The van der Waals surface area contributed by atoms with Crippen LogP contribution in [0.15, 0.2) is 18.2 Å². The van der Waals surface area contributed by atoms with Gasteiger partial charge < -0.3 is 19.7 Å². The highest BCUT2D eigenvalue weighted by Gasteiger charge is 2.33. The summed E-state index contributed by atoms with van der Waals surface area (Å²) in [4.78, 5) is 28.6. The Kier molecular flexibility index (Phi) is 3.62. The number of carbonyl (C=O) groups excluding carboxylic acids is 1. The van der Waals surface area contributed by atoms with Crippen molar-refractivity contribution in [3.05, 3.63) is 35.0 Å². The molecule has 2 N–H and O–H groups in total. The minimum Gasteiger partial charge on any atom is -0.480 e. The van der Waals surface area contributed by atoms with Gasteiger partial charge in [-0.3, -0.25) is 4.79 Å². The van der Waals surface area contributed by atoms with Crippen molar-refractivity contribution in [3.8, 4) is 0 Å². The second-order valence-electron chi connectivity index (χ2n) is 5.56. The molecule has 0 spiro atoms. The average molecular weight is 302 g/mol. The van der Waals surface area contributed by atoms with Gasteiger partial charge in [0.05, 0.1) is 13.2 Å². The fraction of sp³-hybridized carbons (Fsp3) is 0.375. The molecule has 0 unspecified atom stereocenters. The number of carboxylic acids is 1. The number of morpholine rings is 1. The molecular formula is C16H18N2O4. The van der Waals surface area contributed by atoms with Gasteiger partial charge in [0, 0.05) is 28.7 Å². The van der Waals surface area contributed by atoms with Gasteiger partial charge in [-0.15, -0.1) is 0 Å². The molecule has 3 rings (SSSR count). The minimum absolute atomic E-state index is 0.0333. The van der Waals surface area contributed by atoms with E-state index < -0.39 is 12.0 Å². The summed E-state index contributed by atoms with van der Waals surface area (Å²) in [5, 5.41) is 10.2. The SMILES string of the molecule is Cc1[nH]c2ccc(C(=O)N3CCOC[C@@H]3C(=O)O)cc2c1C. The molecule has 6 nitrogen and oxygen atoms in total. The second kappa shape index (κ2) is 5.46. The third-order valence-corrected chi connectivity index (χ3v) is 4.23. The number of amides is 1. The van der Waals surface area contributed by atoms with E-state index >= 15 is 0 Å². The van der Waals surface area contributed by atoms with Crippen molar-refractivity contribution in [1.82, 2.24) is 9.88 Å². The first-order valence-electron chi connectivity index (χ1n) is 7.19. The van der Waals surface area contributed by atoms with Gasteiger partial charge in [0.25, 0.3) is 5.91 Å². The van der Waals surface area contributed by atoms with Gasteiger partial charge in [-0.25, -0.2) is 4.79 Å². The number of aromatic nitrogens is 1. The monoisotopic (exact) mass is 302 g/mol. The Labute approximate surface area is 127 Å². The largest absolute Gasteiger partial charge is 0.480 e. The Balaban J connectivity index is 1.97. The van der Waals surface area contributed by atoms with Crippen LogP contribution in [0, 0.1) is 13.8 Å². The van der Waals surface area contributed by atoms with E-state index in [2.05, 4.69) is 4.98 Å². The van der Waals surface area contributed by atoms with Gasteiger partial charge in [0.2, 0.25) is 0 Å². The lowest BCUT2D eigenvalue weighted by atomic mass is 10.1. The van der Waals surface area contributed by atoms with Crippen molar-refractivity contribution < 1.29 is 19.4 Å². The van der Waals surface area contributed by atoms with E-state index in [0.717, 1.165) is 22.2 Å². The topological polar surface area (TPSA) is 82.6 Å². The predicted octanol–water partition coefficient (Wildman–Crippen LogP) is 1.71. The van der Waals surface area contributed by atoms with Crippen LogP contribution in [-0.2, 0) is 9.53 Å². The lowest BCUT2D eigenvalue weighted by molar-refractivity contribution is -0.147. The van der Waals surface area contributed by atoms with E-state index in [1.165, 1.54) is 4.90 Å². The summed E-state index contributed by atoms with van der Waals surface area (Å²) < 4.78 is 5.17. The Morgan fingerprint density at radius 1 is 1.36 bits per heavy atom. The quantitative estimate of drug-likeness (QED) is 0.884. The molecule has 2 aromatic rings. The fourth-order valence-electron chi connectivity index (χ4n) is 2.81. The van der Waals surface area contributed by atoms with Crippen LogP contribution in [0.1, 0.15) is 21.6 Å². The number of nitrogens with zero attached hydrogens (tertiary/aromatic N) is 1. The number of ether oxygens (including phenoxy) is 1. The third kappa shape index (κ3) is 2.35. The van der Waals surface area contributed by atoms with Crippen LogP contribution in [0.4, 0.5) is 0 Å². The van der Waals surface area contributed by atoms with Crippen LogP contribution in [0.2, 0.25) is 0 Å². The van der Waals surface area contributed by atoms with Gasteiger partial charge in [-0.2, -0.15) is 0 Å². The fourth-order valence-corrected chi connectivity index (χ4v) is 2.81. The summed E-state index contributed by atoms with van der Waals surface area (Å²) in [6.45, 7) is 4.67. The number of carboxylic acid groups (broad SMARTS) is 1. The van der Waals surface area contributed by atoms with Crippen molar-refractivity contribution in [2.45, 2.75) is 19.9 Å². The Bertz CT molecular complexity index is 750. The van der Waals surface area contributed by atoms with Crippen LogP contribution >= 0.6 is 0 Å². The molecule has 1 saturated heterocycles. The molecule has 1 aliphatic rings. The number of H-pyrrole nitrogens is 1. The molecular weight excluding hydrogens is 284 g/mol. The van der Waals surface area contributed by atoms with Gasteiger partial charge in [0.15, 0.2) is 6.04 Å². The maximum atomic E-state index is 12.7. The van der Waals surface area contributed by atoms with Crippen molar-refractivity contribution >= 4 is 22.8 Å². The van der Waals surface area contributed by atoms with E-state index in [-0.39, 0.29) is 12.5 Å². The Morgan fingerprint density at radius 3 is 2.86 bits per heavy atom. The second-order valence-corrected chi connectivity index (χ2v) is 5.56. The lowest BCUT2D eigenvalue weighted by Gasteiger charge is -2.32. The molecule has 0 saturated carbocycles. The van der Waals surface area contributed by atoms with Crippen molar-refractivity contribution in [2.75, 3.05) is 19.8 Å². The van der Waals surface area contributed by atoms with Crippen molar-refractivity contribution in [2.24, 2.45) is 0 Å². The maximum Gasteiger partial charge on any atom is 0.328 e. The van der Waals surface area contributed by atoms with Crippen LogP contribution in [-0.4, -0.2) is 52.7 Å². The Hall–Kier alpha value is -2.34. The molecule has 116 valence electrons. The van der Waals surface area contributed by atoms with Gasteiger partial charge in [0.1, 0.15) is 0 Å². The number of hydrogen-bond acceptors (Lipinski definition) is 3. The zero-order valence-corrected chi connectivity index (χ0v) is 12.5. The maximum absolute atomic E-state index is 12.7. The highest BCUT2D eigenvalue weighted by Crippen LogP contribution is 2.23. The summed E-state index contributed by atoms with van der Waals surface area (Å²) in [7, 11) is 0. The zero-order valence-electron chi connectivity index (χ0n) is 12.5. The molecule has 1 aromatic carbocycles. The molecule has 0 bridgehead atoms. The molecule has 0 aliphatic carbocycles. The summed E-state index contributed by atoms with van der Waals surface area (Å²) >= 11 is 0. The zero-order chi connectivity index (χ0) is 15.9. The highest BCUT2D eigenvalue weighted by atomic mass is 16.5. The van der Waals surface area contributed by atoms with Crippen molar-refractivity contribution in [1.29, 1.82) is 0 Å². The van der Waals surface area contributed by atoms with Crippen LogP contribution in [0.3, 0.4) is 0 Å². The number of aromatic amines is 1. The number of aliphatic carboxylic acids is 1. The van der Waals surface area contributed by atoms with Crippen LogP contribution in [0.25, 0.3) is 10.9 Å². The summed E-state index contributed by atoms with van der Waals surface area (Å²) in [6, 6.07) is 4.49. The number of benzene rings is 1. The highest BCUT2D eigenvalue weighted by molar-refractivity contribution is 6.00. The molecule has 0 radical (unpaired) electrons. The van der Waals surface area contributed by atoms with Gasteiger partial charge in [-0.05, 0) is 37.6 Å². The molecule has 22 heavy (non-hydrogen) atoms. The first-order valence-corrected chi connectivity index (χ1v) is 7.19. The number of nitrogens with one attached hydrogen (secondary N) is 1. The van der Waals surface area contributed by atoms with Crippen LogP contribution in [0.5, 0.6) is 0 Å². The van der Waals surface area contributed by atoms with E-state index in [4.69, 9.17) is 4.74 Å². The first kappa shape index (κ1) is 14.6. The number of aryl methyl sites for hydroxylation is 2. The molecule has 1 atom stereocenters. The van der Waals surface area contributed by atoms with Gasteiger partial charge >= 0.3 is 5.97 Å². The van der Waals surface area contributed by atoms with E-state index in [1.807, 2.05) is 26.0 Å².